The minimum absolute atomic E-state index is 0.00370. The first kappa shape index (κ1) is 52.3. The fraction of sp³-hybridized carbons (Fsp3) is 0.580. The second-order valence-corrected chi connectivity index (χ2v) is 21.0. The average molecular weight is 978 g/mol. The molecule has 6 rings (SSSR count). The molecule has 18 heteroatoms. The van der Waals surface area contributed by atoms with Crippen LogP contribution in [0.2, 0.25) is 5.02 Å². The van der Waals surface area contributed by atoms with E-state index in [1.54, 1.807) is 28.4 Å². The van der Waals surface area contributed by atoms with Crippen molar-refractivity contribution in [2.45, 2.75) is 166 Å². The van der Waals surface area contributed by atoms with Crippen LogP contribution in [0.4, 0.5) is 0 Å². The van der Waals surface area contributed by atoms with Crippen molar-refractivity contribution in [2.75, 3.05) is 13.2 Å². The Morgan fingerprint density at radius 2 is 1.68 bits per heavy atom. The maximum absolute atomic E-state index is 14.2. The number of nitrogens with one attached hydrogen (secondary N) is 3. The molecule has 3 saturated heterocycles. The zero-order valence-electron chi connectivity index (χ0n) is 39.9. The van der Waals surface area contributed by atoms with E-state index in [1.807, 2.05) is 70.5 Å². The Kier molecular flexibility index (Phi) is 18.0. The highest BCUT2D eigenvalue weighted by atomic mass is 35.5. The molecule has 3 aliphatic heterocycles. The summed E-state index contributed by atoms with van der Waals surface area (Å²) in [5.74, 6) is -1.77. The molecule has 68 heavy (non-hydrogen) atoms. The van der Waals surface area contributed by atoms with Gasteiger partial charge in [0.1, 0.15) is 30.5 Å². The van der Waals surface area contributed by atoms with Crippen molar-refractivity contribution in [3.8, 4) is 16.2 Å². The number of carbonyl (C=O) groups excluding carboxylic acids is 6. The summed E-state index contributed by atoms with van der Waals surface area (Å²) in [6.45, 7) is 9.36. The van der Waals surface area contributed by atoms with Crippen molar-refractivity contribution in [3.63, 3.8) is 0 Å². The first-order valence-corrected chi connectivity index (χ1v) is 25.2. The van der Waals surface area contributed by atoms with Gasteiger partial charge in [-0.15, -0.1) is 11.3 Å². The number of thiazole rings is 1. The number of carbonyl (C=O) groups is 6. The summed E-state index contributed by atoms with van der Waals surface area (Å²) in [6, 6.07) is 9.16. The van der Waals surface area contributed by atoms with Crippen LogP contribution in [-0.2, 0) is 35.2 Å². The Hall–Kier alpha value is -5.10. The van der Waals surface area contributed by atoms with Gasteiger partial charge < -0.3 is 47.1 Å². The van der Waals surface area contributed by atoms with Gasteiger partial charge in [-0.3, -0.25) is 28.8 Å². The molecule has 1 aromatic heterocycles. The van der Waals surface area contributed by atoms with Gasteiger partial charge in [0.2, 0.25) is 35.4 Å². The molecule has 0 saturated carbocycles. The Morgan fingerprint density at radius 1 is 0.956 bits per heavy atom. The molecule has 16 nitrogen and oxygen atoms in total. The monoisotopic (exact) mass is 976 g/mol. The fourth-order valence-corrected chi connectivity index (χ4v) is 10.6. The smallest absolute Gasteiger partial charge is 0.246 e. The second-order valence-electron chi connectivity index (χ2n) is 19.7. The van der Waals surface area contributed by atoms with Crippen LogP contribution in [0.5, 0.6) is 5.75 Å². The molecule has 5 unspecified atom stereocenters. The van der Waals surface area contributed by atoms with Gasteiger partial charge in [0.25, 0.3) is 0 Å². The molecule has 0 bridgehead atoms. The first-order chi connectivity index (χ1) is 32.3. The van der Waals surface area contributed by atoms with E-state index in [2.05, 4.69) is 20.9 Å². The van der Waals surface area contributed by atoms with Crippen LogP contribution < -0.4 is 32.2 Å². The summed E-state index contributed by atoms with van der Waals surface area (Å²) in [6.07, 6.45) is 5.68. The Morgan fingerprint density at radius 3 is 2.37 bits per heavy atom. The molecule has 3 fully saturated rings. The number of nitrogens with two attached hydrogens (primary N) is 2. The van der Waals surface area contributed by atoms with Crippen molar-refractivity contribution in [1.82, 2.24) is 30.7 Å². The zero-order chi connectivity index (χ0) is 49.3. The third kappa shape index (κ3) is 13.4. The number of halogens is 1. The van der Waals surface area contributed by atoms with Gasteiger partial charge in [0.05, 0.1) is 45.3 Å². The lowest BCUT2D eigenvalue weighted by Crippen LogP contribution is -2.57. The number of β-amino-alcohol motifs (C(OH)–C–C–N with tert-alkyl or cyclic N) is 1. The Balaban J connectivity index is 0.997. The number of aryl methyl sites for hydroxylation is 2. The lowest BCUT2D eigenvalue weighted by Gasteiger charge is -2.35. The summed E-state index contributed by atoms with van der Waals surface area (Å²) in [7, 11) is 0. The Bertz CT molecular complexity index is 2270. The molecule has 8 atom stereocenters. The van der Waals surface area contributed by atoms with E-state index in [4.69, 9.17) is 27.8 Å². The molecule has 370 valence electrons. The number of aromatic nitrogens is 1. The molecule has 3 aromatic rings. The minimum atomic E-state index is -0.953. The van der Waals surface area contributed by atoms with Crippen LogP contribution in [0.3, 0.4) is 0 Å². The van der Waals surface area contributed by atoms with Crippen LogP contribution in [0.1, 0.15) is 128 Å². The number of ether oxygens (including phenoxy) is 1. The predicted molar refractivity (Wildman–Crippen MR) is 261 cm³/mol. The van der Waals surface area contributed by atoms with Crippen LogP contribution >= 0.6 is 22.9 Å². The normalized spacial score (nSPS) is 22.1. The molecule has 0 radical (unpaired) electrons. The van der Waals surface area contributed by atoms with Gasteiger partial charge in [0, 0.05) is 31.8 Å². The van der Waals surface area contributed by atoms with E-state index < -0.39 is 53.5 Å². The third-order valence-electron chi connectivity index (χ3n) is 13.4. The van der Waals surface area contributed by atoms with Gasteiger partial charge in [-0.1, -0.05) is 81.6 Å². The van der Waals surface area contributed by atoms with Crippen LogP contribution in [-0.4, -0.2) is 111 Å². The molecule has 6 amide bonds. The number of likely N-dealkylation sites (tertiary alicyclic amines) is 1. The molecular weight excluding hydrogens is 908 g/mol. The number of unbranched alkanes of at least 4 members (excludes halogenated alkanes) is 1. The summed E-state index contributed by atoms with van der Waals surface area (Å²) in [4.78, 5) is 88.5. The molecule has 3 aliphatic rings. The number of hydrogen-bond acceptors (Lipinski definition) is 11. The highest BCUT2D eigenvalue weighted by Crippen LogP contribution is 2.34. The number of aliphatic hydroxyl groups is 1. The number of fused-ring (bicyclic) bond motifs is 1. The van der Waals surface area contributed by atoms with Crippen molar-refractivity contribution in [2.24, 2.45) is 16.9 Å². The van der Waals surface area contributed by atoms with Crippen molar-refractivity contribution < 1.29 is 38.6 Å². The maximum atomic E-state index is 14.2. The quantitative estimate of drug-likeness (QED) is 0.0854. The van der Waals surface area contributed by atoms with Crippen molar-refractivity contribution >= 4 is 58.4 Å². The van der Waals surface area contributed by atoms with E-state index in [0.29, 0.717) is 42.9 Å². The number of amides is 6. The van der Waals surface area contributed by atoms with Gasteiger partial charge in [-0.05, 0) is 93.4 Å². The van der Waals surface area contributed by atoms with Gasteiger partial charge in [-0.25, -0.2) is 4.98 Å². The molecule has 4 heterocycles. The van der Waals surface area contributed by atoms with Crippen molar-refractivity contribution in [3.05, 3.63) is 69.8 Å². The van der Waals surface area contributed by atoms with Crippen LogP contribution in [0, 0.1) is 12.3 Å². The van der Waals surface area contributed by atoms with E-state index >= 15 is 0 Å². The zero-order valence-corrected chi connectivity index (χ0v) is 41.5. The molecule has 8 N–H and O–H groups in total. The maximum Gasteiger partial charge on any atom is 0.246 e. The van der Waals surface area contributed by atoms with Crippen LogP contribution in [0.25, 0.3) is 10.4 Å². The highest BCUT2D eigenvalue weighted by molar-refractivity contribution is 7.13. The van der Waals surface area contributed by atoms with E-state index in [9.17, 15) is 33.9 Å². The number of aliphatic hydroxyl groups excluding tert-OH is 1. The molecule has 0 spiro atoms. The number of benzene rings is 2. The summed E-state index contributed by atoms with van der Waals surface area (Å²) >= 11 is 8.41. The summed E-state index contributed by atoms with van der Waals surface area (Å²) in [5, 5.41) is 20.1. The predicted octanol–water partition coefficient (Wildman–Crippen LogP) is 5.24. The molecule has 0 aliphatic carbocycles. The van der Waals surface area contributed by atoms with E-state index in [1.165, 1.54) is 4.90 Å². The van der Waals surface area contributed by atoms with E-state index in [-0.39, 0.29) is 74.5 Å². The lowest BCUT2D eigenvalue weighted by atomic mass is 9.85. The lowest BCUT2D eigenvalue weighted by molar-refractivity contribution is -0.144. The standard InChI is InChI=1S/C50H69ClN8O8S/c1-29(31-17-19-33(20-18-31)44-30(2)54-28-68-44)55-47(64)39-25-36(60)26-58(39)49(66)45(50(3,4)5)57-42(62)16-9-6-11-32-12-10-15-40(43(32)51)67-27-34(21-24-41(53)61)56-46(63)38-23-22-35-13-7-8-14-37(52)48(65)59(35)38/h10,12,15,17-20,28-29,34-39,45,60H,6-9,11,13-14,16,21-27,52H2,1-5H3,(H2,53,61)(H,55,64)(H,56,63)(H,57,62)/t29?,34?,35-,36?,37-,38-,39?,45?/m0/s1. The van der Waals surface area contributed by atoms with Crippen LogP contribution in [0.15, 0.2) is 48.0 Å². The first-order valence-electron chi connectivity index (χ1n) is 24.0. The highest BCUT2D eigenvalue weighted by Gasteiger charge is 2.45. The molecular formula is C50H69ClN8O8S. The summed E-state index contributed by atoms with van der Waals surface area (Å²) in [5.41, 5.74) is 16.4. The third-order valence-corrected chi connectivity index (χ3v) is 14.8. The number of nitrogens with zero attached hydrogens (tertiary/aromatic N) is 3. The topological polar surface area (TPSA) is 239 Å². The average Bonchev–Trinajstić information content (AvgIpc) is 4.04. The van der Waals surface area contributed by atoms with Gasteiger partial charge in [-0.2, -0.15) is 0 Å². The number of primary amides is 1. The Labute approximate surface area is 408 Å². The van der Waals surface area contributed by atoms with Crippen molar-refractivity contribution in [1.29, 1.82) is 0 Å². The number of rotatable bonds is 19. The second kappa shape index (κ2) is 23.5. The fourth-order valence-electron chi connectivity index (χ4n) is 9.53. The SMILES string of the molecule is Cc1ncsc1-c1ccc(C(C)NC(=O)C2CC(O)CN2C(=O)C(NC(=O)CCCCc2cccc(OCC(CCC(N)=O)NC(=O)[C@@H]3CC[C@@H]4CCCC[C@H](N)C(=O)N43)c2Cl)C(C)(C)C)cc1. The molecule has 2 aromatic carbocycles. The largest absolute Gasteiger partial charge is 0.490 e. The van der Waals surface area contributed by atoms with Gasteiger partial charge >= 0.3 is 0 Å². The number of hydrogen-bond donors (Lipinski definition) is 6. The summed E-state index contributed by atoms with van der Waals surface area (Å²) < 4.78 is 6.15. The minimum Gasteiger partial charge on any atom is -0.490 e. The van der Waals surface area contributed by atoms with E-state index in [0.717, 1.165) is 52.9 Å². The van der Waals surface area contributed by atoms with Gasteiger partial charge in [0.15, 0.2) is 0 Å².